The standard InChI is InChI=1S/C21H14ClNO2S2/c22-17-9-5-4-8-16(17)18-11-10-15(25-18)12-19-20(24)23(21(26)27-19)13-14-6-2-1-3-7-14/h1-12H,13H2. The molecular formula is C21H14ClNO2S2. The van der Waals surface area contributed by atoms with Crippen LogP contribution in [0.3, 0.4) is 0 Å². The minimum atomic E-state index is -0.107. The predicted molar refractivity (Wildman–Crippen MR) is 114 cm³/mol. The van der Waals surface area contributed by atoms with Crippen LogP contribution >= 0.6 is 35.6 Å². The van der Waals surface area contributed by atoms with E-state index >= 15 is 0 Å². The van der Waals surface area contributed by atoms with E-state index < -0.39 is 0 Å². The third-order valence-corrected chi connectivity index (χ3v) is 5.80. The highest BCUT2D eigenvalue weighted by atomic mass is 35.5. The van der Waals surface area contributed by atoms with Crippen LogP contribution in [0.15, 0.2) is 76.1 Å². The number of carbonyl (C=O) groups is 1. The zero-order chi connectivity index (χ0) is 18.8. The van der Waals surface area contributed by atoms with Crippen molar-refractivity contribution in [2.45, 2.75) is 6.54 Å². The van der Waals surface area contributed by atoms with E-state index in [0.29, 0.717) is 32.3 Å². The lowest BCUT2D eigenvalue weighted by Gasteiger charge is -2.14. The molecule has 3 aromatic rings. The highest BCUT2D eigenvalue weighted by Gasteiger charge is 2.32. The van der Waals surface area contributed by atoms with Gasteiger partial charge in [-0.1, -0.05) is 78.0 Å². The number of thioether (sulfide) groups is 1. The molecule has 0 N–H and O–H groups in total. The molecule has 1 fully saturated rings. The molecule has 134 valence electrons. The summed E-state index contributed by atoms with van der Waals surface area (Å²) in [4.78, 5) is 14.9. The van der Waals surface area contributed by atoms with E-state index in [1.165, 1.54) is 11.8 Å². The molecule has 2 heterocycles. The summed E-state index contributed by atoms with van der Waals surface area (Å²) in [5, 5.41) is 0.618. The van der Waals surface area contributed by atoms with Gasteiger partial charge in [0.1, 0.15) is 15.8 Å². The number of hydrogen-bond donors (Lipinski definition) is 0. The minimum absolute atomic E-state index is 0.107. The second kappa shape index (κ2) is 7.72. The Labute approximate surface area is 171 Å². The molecule has 6 heteroatoms. The summed E-state index contributed by atoms with van der Waals surface area (Å²) in [7, 11) is 0. The molecule has 27 heavy (non-hydrogen) atoms. The zero-order valence-electron chi connectivity index (χ0n) is 14.1. The topological polar surface area (TPSA) is 33.5 Å². The van der Waals surface area contributed by atoms with Crippen LogP contribution in [0.4, 0.5) is 0 Å². The molecule has 1 amide bonds. The van der Waals surface area contributed by atoms with E-state index in [1.807, 2.05) is 66.7 Å². The molecule has 0 spiro atoms. The number of rotatable bonds is 4. The highest BCUT2D eigenvalue weighted by Crippen LogP contribution is 2.35. The smallest absolute Gasteiger partial charge is 0.266 e. The number of benzene rings is 2. The Bertz CT molecular complexity index is 1040. The number of thiocarbonyl (C=S) groups is 1. The van der Waals surface area contributed by atoms with Crippen molar-refractivity contribution in [1.29, 1.82) is 0 Å². The molecule has 1 aliphatic rings. The maximum atomic E-state index is 12.7. The first kappa shape index (κ1) is 18.0. The van der Waals surface area contributed by atoms with Crippen molar-refractivity contribution in [3.63, 3.8) is 0 Å². The van der Waals surface area contributed by atoms with Gasteiger partial charge in [-0.3, -0.25) is 9.69 Å². The van der Waals surface area contributed by atoms with Crippen molar-refractivity contribution in [3.8, 4) is 11.3 Å². The van der Waals surface area contributed by atoms with E-state index in [-0.39, 0.29) is 5.91 Å². The van der Waals surface area contributed by atoms with Gasteiger partial charge in [-0.25, -0.2) is 0 Å². The lowest BCUT2D eigenvalue weighted by molar-refractivity contribution is -0.122. The summed E-state index contributed by atoms with van der Waals surface area (Å²) in [5.41, 5.74) is 1.85. The summed E-state index contributed by atoms with van der Waals surface area (Å²) in [6.07, 6.45) is 1.73. The summed E-state index contributed by atoms with van der Waals surface area (Å²) in [5.74, 6) is 1.14. The Balaban J connectivity index is 1.56. The average Bonchev–Trinajstić information content (AvgIpc) is 3.23. The van der Waals surface area contributed by atoms with Crippen molar-refractivity contribution < 1.29 is 9.21 Å². The maximum absolute atomic E-state index is 12.7. The molecule has 0 radical (unpaired) electrons. The van der Waals surface area contributed by atoms with Gasteiger partial charge >= 0.3 is 0 Å². The molecule has 2 aromatic carbocycles. The SMILES string of the molecule is O=C1C(=Cc2ccc(-c3ccccc3Cl)o2)SC(=S)N1Cc1ccccc1. The Morgan fingerprint density at radius 1 is 1.04 bits per heavy atom. The van der Waals surface area contributed by atoms with Gasteiger partial charge in [-0.05, 0) is 29.8 Å². The first-order valence-electron chi connectivity index (χ1n) is 8.26. The van der Waals surface area contributed by atoms with Gasteiger partial charge in [0, 0.05) is 11.6 Å². The lowest BCUT2D eigenvalue weighted by Crippen LogP contribution is -2.27. The van der Waals surface area contributed by atoms with Gasteiger partial charge in [0.15, 0.2) is 0 Å². The van der Waals surface area contributed by atoms with Gasteiger partial charge in [-0.2, -0.15) is 0 Å². The highest BCUT2D eigenvalue weighted by molar-refractivity contribution is 8.26. The Morgan fingerprint density at radius 3 is 2.56 bits per heavy atom. The first-order valence-corrected chi connectivity index (χ1v) is 9.86. The molecule has 4 rings (SSSR count). The zero-order valence-corrected chi connectivity index (χ0v) is 16.5. The third kappa shape index (κ3) is 3.86. The fourth-order valence-electron chi connectivity index (χ4n) is 2.77. The van der Waals surface area contributed by atoms with E-state index in [2.05, 4.69) is 0 Å². The molecule has 1 aliphatic heterocycles. The normalized spacial score (nSPS) is 15.7. The van der Waals surface area contributed by atoms with Crippen LogP contribution in [-0.2, 0) is 11.3 Å². The van der Waals surface area contributed by atoms with Crippen molar-refractivity contribution >= 4 is 51.9 Å². The lowest BCUT2D eigenvalue weighted by atomic mass is 10.2. The number of nitrogens with zero attached hydrogens (tertiary/aromatic N) is 1. The fourth-order valence-corrected chi connectivity index (χ4v) is 4.23. The van der Waals surface area contributed by atoms with Crippen molar-refractivity contribution in [2.75, 3.05) is 0 Å². The number of halogens is 1. The van der Waals surface area contributed by atoms with Crippen LogP contribution in [-0.4, -0.2) is 15.1 Å². The minimum Gasteiger partial charge on any atom is -0.457 e. The molecule has 0 aliphatic carbocycles. The summed E-state index contributed by atoms with van der Waals surface area (Å²) in [6, 6.07) is 20.9. The van der Waals surface area contributed by atoms with E-state index in [4.69, 9.17) is 28.2 Å². The predicted octanol–water partition coefficient (Wildman–Crippen LogP) is 6.00. The van der Waals surface area contributed by atoms with Gasteiger partial charge in [-0.15, -0.1) is 0 Å². The van der Waals surface area contributed by atoms with Crippen LogP contribution in [0.25, 0.3) is 17.4 Å². The number of carbonyl (C=O) groups excluding carboxylic acids is 1. The van der Waals surface area contributed by atoms with E-state index in [9.17, 15) is 4.79 Å². The van der Waals surface area contributed by atoms with Crippen LogP contribution in [0.1, 0.15) is 11.3 Å². The van der Waals surface area contributed by atoms with Crippen LogP contribution in [0.2, 0.25) is 5.02 Å². The Morgan fingerprint density at radius 2 is 1.78 bits per heavy atom. The Hall–Kier alpha value is -2.34. The Kier molecular flexibility index (Phi) is 5.16. The molecule has 1 saturated heterocycles. The number of hydrogen-bond acceptors (Lipinski definition) is 4. The van der Waals surface area contributed by atoms with Crippen molar-refractivity contribution in [3.05, 3.63) is 88.0 Å². The molecular weight excluding hydrogens is 398 g/mol. The largest absolute Gasteiger partial charge is 0.457 e. The van der Waals surface area contributed by atoms with Crippen LogP contribution < -0.4 is 0 Å². The molecule has 0 unspecified atom stereocenters. The molecule has 0 bridgehead atoms. The van der Waals surface area contributed by atoms with Crippen LogP contribution in [0, 0.1) is 0 Å². The number of furan rings is 1. The fraction of sp³-hybridized carbons (Fsp3) is 0.0476. The van der Waals surface area contributed by atoms with E-state index in [0.717, 1.165) is 11.1 Å². The van der Waals surface area contributed by atoms with Gasteiger partial charge in [0.05, 0.1) is 16.5 Å². The average molecular weight is 412 g/mol. The van der Waals surface area contributed by atoms with Gasteiger partial charge in [0.25, 0.3) is 5.91 Å². The van der Waals surface area contributed by atoms with Crippen LogP contribution in [0.5, 0.6) is 0 Å². The second-order valence-electron chi connectivity index (χ2n) is 5.94. The number of amides is 1. The van der Waals surface area contributed by atoms with Crippen molar-refractivity contribution in [1.82, 2.24) is 4.90 Å². The molecule has 0 atom stereocenters. The van der Waals surface area contributed by atoms with E-state index in [1.54, 1.807) is 11.0 Å². The quantitative estimate of drug-likeness (QED) is 0.389. The van der Waals surface area contributed by atoms with Gasteiger partial charge in [0.2, 0.25) is 0 Å². The van der Waals surface area contributed by atoms with Crippen molar-refractivity contribution in [2.24, 2.45) is 0 Å². The third-order valence-electron chi connectivity index (χ3n) is 4.10. The monoisotopic (exact) mass is 411 g/mol. The summed E-state index contributed by atoms with van der Waals surface area (Å²) in [6.45, 7) is 0.464. The van der Waals surface area contributed by atoms with Gasteiger partial charge < -0.3 is 4.42 Å². The summed E-state index contributed by atoms with van der Waals surface area (Å²) < 4.78 is 6.41. The molecule has 0 saturated carbocycles. The summed E-state index contributed by atoms with van der Waals surface area (Å²) >= 11 is 12.9. The maximum Gasteiger partial charge on any atom is 0.266 e. The molecule has 1 aromatic heterocycles. The first-order chi connectivity index (χ1) is 13.1. The second-order valence-corrected chi connectivity index (χ2v) is 8.02. The molecule has 3 nitrogen and oxygen atoms in total.